The minimum absolute atomic E-state index is 0.0138. The minimum Gasteiger partial charge on any atom is -0.365 e. The van der Waals surface area contributed by atoms with E-state index in [1.165, 1.54) is 0 Å². The van der Waals surface area contributed by atoms with Crippen LogP contribution in [0.15, 0.2) is 42.7 Å². The fraction of sp³-hybridized carbons (Fsp3) is 0.462. The van der Waals surface area contributed by atoms with Crippen molar-refractivity contribution >= 4 is 45.8 Å². The second-order valence-corrected chi connectivity index (χ2v) is 10.3. The van der Waals surface area contributed by atoms with Crippen LogP contribution in [0, 0.1) is 0 Å². The molecule has 0 aliphatic carbocycles. The van der Waals surface area contributed by atoms with Crippen molar-refractivity contribution in [3.05, 3.63) is 58.3 Å². The van der Waals surface area contributed by atoms with E-state index in [1.54, 1.807) is 6.07 Å². The molecule has 1 aromatic heterocycles. The van der Waals surface area contributed by atoms with Crippen molar-refractivity contribution in [2.45, 2.75) is 51.2 Å². The molecule has 0 spiro atoms. The third-order valence-electron chi connectivity index (χ3n) is 7.27. The lowest BCUT2D eigenvalue weighted by Gasteiger charge is -2.42. The molecule has 1 N–H and O–H groups in total. The fourth-order valence-electron chi connectivity index (χ4n) is 5.32. The summed E-state index contributed by atoms with van der Waals surface area (Å²) in [4.78, 5) is 22.1. The zero-order chi connectivity index (χ0) is 23.8. The van der Waals surface area contributed by atoms with Gasteiger partial charge in [0.1, 0.15) is 0 Å². The summed E-state index contributed by atoms with van der Waals surface area (Å²) in [5.41, 5.74) is 4.17. The highest BCUT2D eigenvalue weighted by molar-refractivity contribution is 6.35. The van der Waals surface area contributed by atoms with E-state index >= 15 is 0 Å². The van der Waals surface area contributed by atoms with Crippen LogP contribution in [0.2, 0.25) is 10.0 Å². The van der Waals surface area contributed by atoms with Crippen LogP contribution >= 0.6 is 23.2 Å². The first kappa shape index (κ1) is 23.5. The maximum atomic E-state index is 13.0. The number of piperazine rings is 1. The van der Waals surface area contributed by atoms with E-state index < -0.39 is 0 Å². The van der Waals surface area contributed by atoms with Crippen molar-refractivity contribution in [1.82, 2.24) is 19.8 Å². The molecule has 8 heteroatoms. The number of hydrogen-bond acceptors (Lipinski definition) is 4. The highest BCUT2D eigenvalue weighted by Crippen LogP contribution is 2.32. The van der Waals surface area contributed by atoms with Gasteiger partial charge in [-0.1, -0.05) is 35.7 Å². The Morgan fingerprint density at radius 1 is 1.15 bits per heavy atom. The van der Waals surface area contributed by atoms with Crippen LogP contribution in [-0.4, -0.2) is 58.6 Å². The Labute approximate surface area is 210 Å². The molecule has 2 aliphatic rings. The zero-order valence-electron chi connectivity index (χ0n) is 19.7. The quantitative estimate of drug-likeness (QED) is 0.540. The van der Waals surface area contributed by atoms with Crippen LogP contribution in [0.25, 0.3) is 11.0 Å². The largest absolute Gasteiger partial charge is 0.365 e. The maximum Gasteiger partial charge on any atom is 0.239 e. The Hall–Kier alpha value is -2.28. The van der Waals surface area contributed by atoms with Crippen molar-refractivity contribution in [2.75, 3.05) is 31.1 Å². The minimum atomic E-state index is -0.0145. The molecule has 2 fully saturated rings. The number of imidazole rings is 1. The molecular formula is C26H31Cl2N5O. The molecule has 0 bridgehead atoms. The average Bonchev–Trinajstić information content (AvgIpc) is 3.27. The van der Waals surface area contributed by atoms with E-state index in [-0.39, 0.29) is 24.0 Å². The molecule has 2 saturated heterocycles. The average molecular weight is 500 g/mol. The molecule has 3 aromatic rings. The highest BCUT2D eigenvalue weighted by atomic mass is 35.5. The zero-order valence-corrected chi connectivity index (χ0v) is 21.2. The van der Waals surface area contributed by atoms with Crippen LogP contribution in [0.1, 0.15) is 44.7 Å². The van der Waals surface area contributed by atoms with Gasteiger partial charge in [0, 0.05) is 41.4 Å². The normalized spacial score (nSPS) is 22.2. The van der Waals surface area contributed by atoms with E-state index in [0.717, 1.165) is 67.7 Å². The van der Waals surface area contributed by atoms with E-state index in [9.17, 15) is 4.79 Å². The van der Waals surface area contributed by atoms with E-state index in [0.29, 0.717) is 10.0 Å². The number of amides is 1. The standard InChI is InChI=1S/C26H31Cl2N5O/c1-17-15-31(26(34)24-5-3-4-10-29-24)11-12-32(17)20-7-9-23-25(14-20)33(16-30-23)18(2)21-8-6-19(27)13-22(21)28/h6-9,13-14,16-18,24,29H,3-5,10-12,15H2,1-2H3/t17-,18+,24+/m0/s1. The lowest BCUT2D eigenvalue weighted by Crippen LogP contribution is -2.58. The van der Waals surface area contributed by atoms with Gasteiger partial charge in [0.2, 0.25) is 5.91 Å². The van der Waals surface area contributed by atoms with Crippen molar-refractivity contribution < 1.29 is 4.79 Å². The van der Waals surface area contributed by atoms with Crippen molar-refractivity contribution in [3.63, 3.8) is 0 Å². The molecule has 0 unspecified atom stereocenters. The van der Waals surface area contributed by atoms with Gasteiger partial charge in [-0.2, -0.15) is 0 Å². The molecular weight excluding hydrogens is 469 g/mol. The topological polar surface area (TPSA) is 53.4 Å². The number of carbonyl (C=O) groups excluding carboxylic acids is 1. The Balaban J connectivity index is 1.36. The lowest BCUT2D eigenvalue weighted by molar-refractivity contribution is -0.134. The van der Waals surface area contributed by atoms with Crippen LogP contribution < -0.4 is 10.2 Å². The van der Waals surface area contributed by atoms with Gasteiger partial charge in [-0.3, -0.25) is 4.79 Å². The van der Waals surface area contributed by atoms with Gasteiger partial charge in [0.05, 0.1) is 29.4 Å². The summed E-state index contributed by atoms with van der Waals surface area (Å²) in [6.07, 6.45) is 5.12. The summed E-state index contributed by atoms with van der Waals surface area (Å²) >= 11 is 12.6. The van der Waals surface area contributed by atoms with E-state index in [2.05, 4.69) is 51.8 Å². The van der Waals surface area contributed by atoms with Gasteiger partial charge >= 0.3 is 0 Å². The SMILES string of the molecule is C[C@H](c1ccc(Cl)cc1Cl)n1cnc2ccc(N3CCN(C(=O)[C@H]4CCCCN4)C[C@@H]3C)cc21. The first-order valence-corrected chi connectivity index (χ1v) is 12.9. The van der Waals surface area contributed by atoms with Gasteiger partial charge in [-0.25, -0.2) is 4.98 Å². The van der Waals surface area contributed by atoms with Gasteiger partial charge in [0.25, 0.3) is 0 Å². The molecule has 6 nitrogen and oxygen atoms in total. The predicted octanol–water partition coefficient (Wildman–Crippen LogP) is 5.13. The molecule has 1 amide bonds. The number of piperidine rings is 1. The van der Waals surface area contributed by atoms with Crippen LogP contribution in [0.4, 0.5) is 5.69 Å². The van der Waals surface area contributed by atoms with Gasteiger partial charge in [0.15, 0.2) is 0 Å². The first-order chi connectivity index (χ1) is 16.4. The molecule has 34 heavy (non-hydrogen) atoms. The Morgan fingerprint density at radius 2 is 2.00 bits per heavy atom. The number of nitrogens with zero attached hydrogens (tertiary/aromatic N) is 4. The summed E-state index contributed by atoms with van der Waals surface area (Å²) in [7, 11) is 0. The molecule has 5 rings (SSSR count). The number of anilines is 1. The summed E-state index contributed by atoms with van der Waals surface area (Å²) in [6, 6.07) is 12.3. The Morgan fingerprint density at radius 3 is 2.74 bits per heavy atom. The number of halogens is 2. The van der Waals surface area contributed by atoms with Gasteiger partial charge < -0.3 is 19.7 Å². The van der Waals surface area contributed by atoms with Crippen LogP contribution in [-0.2, 0) is 4.79 Å². The van der Waals surface area contributed by atoms with E-state index in [1.807, 2.05) is 23.4 Å². The summed E-state index contributed by atoms with van der Waals surface area (Å²) in [6.45, 7) is 7.57. The lowest BCUT2D eigenvalue weighted by atomic mass is 10.0. The number of aromatic nitrogens is 2. The number of benzene rings is 2. The maximum absolute atomic E-state index is 13.0. The van der Waals surface area contributed by atoms with Crippen molar-refractivity contribution in [2.24, 2.45) is 0 Å². The molecule has 2 aliphatic heterocycles. The third-order valence-corrected chi connectivity index (χ3v) is 7.83. The predicted molar refractivity (Wildman–Crippen MR) is 139 cm³/mol. The molecule has 0 radical (unpaired) electrons. The number of carbonyl (C=O) groups is 1. The number of rotatable bonds is 4. The smallest absolute Gasteiger partial charge is 0.239 e. The summed E-state index contributed by atoms with van der Waals surface area (Å²) in [5.74, 6) is 0.258. The Kier molecular flexibility index (Phi) is 6.74. The number of nitrogens with one attached hydrogen (secondary N) is 1. The fourth-order valence-corrected chi connectivity index (χ4v) is 5.88. The van der Waals surface area contributed by atoms with Crippen LogP contribution in [0.5, 0.6) is 0 Å². The highest BCUT2D eigenvalue weighted by Gasteiger charge is 2.31. The van der Waals surface area contributed by atoms with E-state index in [4.69, 9.17) is 23.2 Å². The third kappa shape index (κ3) is 4.51. The molecule has 180 valence electrons. The van der Waals surface area contributed by atoms with Crippen LogP contribution in [0.3, 0.4) is 0 Å². The van der Waals surface area contributed by atoms with Crippen molar-refractivity contribution in [3.8, 4) is 0 Å². The molecule has 2 aromatic carbocycles. The second-order valence-electron chi connectivity index (χ2n) is 9.50. The number of fused-ring (bicyclic) bond motifs is 1. The number of hydrogen-bond donors (Lipinski definition) is 1. The second kappa shape index (κ2) is 9.76. The van der Waals surface area contributed by atoms with Crippen molar-refractivity contribution in [1.29, 1.82) is 0 Å². The molecule has 3 heterocycles. The Bertz CT molecular complexity index is 1190. The van der Waals surface area contributed by atoms with Gasteiger partial charge in [-0.05, 0) is 69.1 Å². The summed E-state index contributed by atoms with van der Waals surface area (Å²) in [5, 5.41) is 4.68. The monoisotopic (exact) mass is 499 g/mol. The van der Waals surface area contributed by atoms with Gasteiger partial charge in [-0.15, -0.1) is 0 Å². The first-order valence-electron chi connectivity index (χ1n) is 12.1. The molecule has 0 saturated carbocycles. The summed E-state index contributed by atoms with van der Waals surface area (Å²) < 4.78 is 2.16. The molecule has 3 atom stereocenters.